The van der Waals surface area contributed by atoms with Crippen molar-refractivity contribution >= 4 is 43.7 Å². The predicted molar refractivity (Wildman–Crippen MR) is 79.5 cm³/mol. The van der Waals surface area contributed by atoms with E-state index in [1.807, 2.05) is 6.07 Å². The molecule has 1 aromatic rings. The Morgan fingerprint density at radius 1 is 1.40 bits per heavy atom. The summed E-state index contributed by atoms with van der Waals surface area (Å²) in [4.78, 5) is 25.9. The van der Waals surface area contributed by atoms with Crippen LogP contribution in [-0.2, 0) is 14.3 Å². The third kappa shape index (κ3) is 3.21. The Kier molecular flexibility index (Phi) is 5.17. The number of amides is 1. The number of rotatable bonds is 2. The maximum absolute atomic E-state index is 12.6. The highest BCUT2D eigenvalue weighted by molar-refractivity contribution is 9.11. The minimum absolute atomic E-state index is 0.157. The number of ether oxygens (including phenoxy) is 2. The molecule has 1 aromatic carbocycles. The Balaban J connectivity index is 2.30. The minimum Gasteiger partial charge on any atom is -0.467 e. The highest BCUT2D eigenvalue weighted by Crippen LogP contribution is 2.24. The van der Waals surface area contributed by atoms with Crippen LogP contribution in [0.25, 0.3) is 0 Å². The van der Waals surface area contributed by atoms with E-state index in [0.29, 0.717) is 23.2 Å². The first kappa shape index (κ1) is 15.5. The van der Waals surface area contributed by atoms with Gasteiger partial charge in [0.05, 0.1) is 25.9 Å². The van der Waals surface area contributed by atoms with Gasteiger partial charge in [-0.1, -0.05) is 15.9 Å². The molecular formula is C13H13Br2NO4. The van der Waals surface area contributed by atoms with Crippen LogP contribution in [-0.4, -0.2) is 49.7 Å². The van der Waals surface area contributed by atoms with Crippen molar-refractivity contribution in [2.24, 2.45) is 0 Å². The number of morpholine rings is 1. The van der Waals surface area contributed by atoms with Crippen LogP contribution in [0.15, 0.2) is 27.1 Å². The van der Waals surface area contributed by atoms with E-state index in [-0.39, 0.29) is 12.5 Å². The van der Waals surface area contributed by atoms with E-state index in [1.54, 1.807) is 12.1 Å². The van der Waals surface area contributed by atoms with Crippen molar-refractivity contribution in [1.29, 1.82) is 0 Å². The second-order valence-electron chi connectivity index (χ2n) is 4.24. The summed E-state index contributed by atoms with van der Waals surface area (Å²) in [5.74, 6) is -0.693. The molecule has 1 fully saturated rings. The molecule has 0 aliphatic carbocycles. The molecular weight excluding hydrogens is 394 g/mol. The first-order valence-electron chi connectivity index (χ1n) is 5.96. The molecule has 0 radical (unpaired) electrons. The Morgan fingerprint density at radius 3 is 2.85 bits per heavy atom. The molecule has 0 saturated carbocycles. The van der Waals surface area contributed by atoms with Crippen LogP contribution >= 0.6 is 31.9 Å². The van der Waals surface area contributed by atoms with Crippen LogP contribution in [0.3, 0.4) is 0 Å². The average molecular weight is 407 g/mol. The second kappa shape index (κ2) is 6.69. The van der Waals surface area contributed by atoms with Crippen LogP contribution < -0.4 is 0 Å². The fourth-order valence-electron chi connectivity index (χ4n) is 1.99. The highest BCUT2D eigenvalue weighted by Gasteiger charge is 2.34. The van der Waals surface area contributed by atoms with Crippen LogP contribution in [0.1, 0.15) is 10.4 Å². The van der Waals surface area contributed by atoms with Gasteiger partial charge in [0.1, 0.15) is 0 Å². The monoisotopic (exact) mass is 405 g/mol. The van der Waals surface area contributed by atoms with E-state index in [1.165, 1.54) is 12.0 Å². The summed E-state index contributed by atoms with van der Waals surface area (Å²) in [6, 6.07) is 4.63. The van der Waals surface area contributed by atoms with Gasteiger partial charge in [-0.2, -0.15) is 0 Å². The molecule has 1 unspecified atom stereocenters. The molecule has 1 amide bonds. The first-order chi connectivity index (χ1) is 9.54. The molecule has 20 heavy (non-hydrogen) atoms. The van der Waals surface area contributed by atoms with Crippen molar-refractivity contribution in [2.75, 3.05) is 26.9 Å². The highest BCUT2D eigenvalue weighted by atomic mass is 79.9. The number of halogens is 2. The van der Waals surface area contributed by atoms with E-state index in [4.69, 9.17) is 9.47 Å². The zero-order valence-electron chi connectivity index (χ0n) is 10.8. The van der Waals surface area contributed by atoms with Crippen molar-refractivity contribution in [3.63, 3.8) is 0 Å². The molecule has 0 N–H and O–H groups in total. The zero-order chi connectivity index (χ0) is 14.7. The standard InChI is InChI=1S/C13H13Br2NO4/c1-19-13(18)11-7-20-5-4-16(11)12(17)9-6-8(14)2-3-10(9)15/h2-3,6,11H,4-5,7H2,1H3. The van der Waals surface area contributed by atoms with Gasteiger partial charge in [-0.3, -0.25) is 4.79 Å². The molecule has 1 saturated heterocycles. The topological polar surface area (TPSA) is 55.8 Å². The summed E-state index contributed by atoms with van der Waals surface area (Å²) in [6.45, 7) is 0.923. The molecule has 2 rings (SSSR count). The van der Waals surface area contributed by atoms with Gasteiger partial charge in [0.25, 0.3) is 5.91 Å². The molecule has 0 aromatic heterocycles. The van der Waals surface area contributed by atoms with Crippen molar-refractivity contribution in [3.05, 3.63) is 32.7 Å². The lowest BCUT2D eigenvalue weighted by molar-refractivity contribution is -0.151. The number of carbonyl (C=O) groups excluding carboxylic acids is 2. The summed E-state index contributed by atoms with van der Waals surface area (Å²) in [5, 5.41) is 0. The Morgan fingerprint density at radius 2 is 2.15 bits per heavy atom. The first-order valence-corrected chi connectivity index (χ1v) is 7.54. The van der Waals surface area contributed by atoms with Gasteiger partial charge in [-0.05, 0) is 34.1 Å². The number of benzene rings is 1. The van der Waals surface area contributed by atoms with Gasteiger partial charge in [0.2, 0.25) is 0 Å². The molecule has 0 bridgehead atoms. The van der Waals surface area contributed by atoms with Crippen molar-refractivity contribution in [3.8, 4) is 0 Å². The molecule has 108 valence electrons. The maximum Gasteiger partial charge on any atom is 0.331 e. The van der Waals surface area contributed by atoms with Gasteiger partial charge < -0.3 is 14.4 Å². The third-order valence-electron chi connectivity index (χ3n) is 3.02. The minimum atomic E-state index is -0.702. The Hall–Kier alpha value is -0.920. The van der Waals surface area contributed by atoms with Gasteiger partial charge >= 0.3 is 5.97 Å². The number of hydrogen-bond acceptors (Lipinski definition) is 4. The fraction of sp³-hybridized carbons (Fsp3) is 0.385. The molecule has 1 aliphatic heterocycles. The van der Waals surface area contributed by atoms with E-state index in [0.717, 1.165) is 4.47 Å². The summed E-state index contributed by atoms with van der Waals surface area (Å²) in [5.41, 5.74) is 0.496. The maximum atomic E-state index is 12.6. The SMILES string of the molecule is COC(=O)C1COCCN1C(=O)c1cc(Br)ccc1Br. The van der Waals surface area contributed by atoms with Crippen molar-refractivity contribution < 1.29 is 19.1 Å². The van der Waals surface area contributed by atoms with Gasteiger partial charge in [-0.25, -0.2) is 4.79 Å². The predicted octanol–water partition coefficient (Wildman–Crippen LogP) is 2.23. The third-order valence-corrected chi connectivity index (χ3v) is 4.21. The van der Waals surface area contributed by atoms with Crippen molar-refractivity contribution in [2.45, 2.75) is 6.04 Å². The van der Waals surface area contributed by atoms with E-state index < -0.39 is 12.0 Å². The molecule has 1 heterocycles. The van der Waals surface area contributed by atoms with Crippen LogP contribution in [0.2, 0.25) is 0 Å². The van der Waals surface area contributed by atoms with E-state index >= 15 is 0 Å². The molecule has 7 heteroatoms. The van der Waals surface area contributed by atoms with Crippen LogP contribution in [0, 0.1) is 0 Å². The van der Waals surface area contributed by atoms with Crippen LogP contribution in [0.4, 0.5) is 0 Å². The summed E-state index contributed by atoms with van der Waals surface area (Å²) < 4.78 is 11.5. The van der Waals surface area contributed by atoms with Crippen LogP contribution in [0.5, 0.6) is 0 Å². The summed E-state index contributed by atoms with van der Waals surface area (Å²) in [6.07, 6.45) is 0. The fourth-order valence-corrected chi connectivity index (χ4v) is 2.77. The summed E-state index contributed by atoms with van der Waals surface area (Å²) >= 11 is 6.69. The van der Waals surface area contributed by atoms with Gasteiger partial charge in [0, 0.05) is 15.5 Å². The van der Waals surface area contributed by atoms with Crippen molar-refractivity contribution in [1.82, 2.24) is 4.90 Å². The molecule has 1 atom stereocenters. The van der Waals surface area contributed by atoms with Gasteiger partial charge in [-0.15, -0.1) is 0 Å². The molecule has 5 nitrogen and oxygen atoms in total. The normalized spacial score (nSPS) is 18.8. The molecule has 1 aliphatic rings. The lowest BCUT2D eigenvalue weighted by Crippen LogP contribution is -2.53. The quantitative estimate of drug-likeness (QED) is 0.706. The number of esters is 1. The Bertz CT molecular complexity index is 535. The van der Waals surface area contributed by atoms with E-state index in [2.05, 4.69) is 31.9 Å². The van der Waals surface area contributed by atoms with E-state index in [9.17, 15) is 9.59 Å². The smallest absolute Gasteiger partial charge is 0.331 e. The average Bonchev–Trinajstić information content (AvgIpc) is 2.48. The second-order valence-corrected chi connectivity index (χ2v) is 6.01. The number of carbonyl (C=O) groups is 2. The number of nitrogens with zero attached hydrogens (tertiary/aromatic N) is 1. The number of methoxy groups -OCH3 is 1. The molecule has 0 spiro atoms. The summed E-state index contributed by atoms with van der Waals surface area (Å²) in [7, 11) is 1.30. The Labute approximate surface area is 133 Å². The zero-order valence-corrected chi connectivity index (χ0v) is 13.9. The van der Waals surface area contributed by atoms with Gasteiger partial charge in [0.15, 0.2) is 6.04 Å². The lowest BCUT2D eigenvalue weighted by atomic mass is 10.1. The largest absolute Gasteiger partial charge is 0.467 e. The lowest BCUT2D eigenvalue weighted by Gasteiger charge is -2.33. The number of hydrogen-bond donors (Lipinski definition) is 0.